The van der Waals surface area contributed by atoms with Gasteiger partial charge in [0.25, 0.3) is 0 Å². The van der Waals surface area contributed by atoms with Crippen LogP contribution in [0.5, 0.6) is 0 Å². The van der Waals surface area contributed by atoms with Crippen molar-refractivity contribution in [3.05, 3.63) is 29.6 Å². The van der Waals surface area contributed by atoms with Crippen molar-refractivity contribution in [2.45, 2.75) is 81.8 Å². The van der Waals surface area contributed by atoms with Gasteiger partial charge in [-0.3, -0.25) is 0 Å². The summed E-state index contributed by atoms with van der Waals surface area (Å²) in [6, 6.07) is 5.47. The summed E-state index contributed by atoms with van der Waals surface area (Å²) >= 11 is 1.97. The van der Waals surface area contributed by atoms with Crippen molar-refractivity contribution in [3.63, 3.8) is 0 Å². The molecule has 0 bridgehead atoms. The number of carbonyl (C=O) groups is 1. The predicted octanol–water partition coefficient (Wildman–Crippen LogP) is 6.95. The molecule has 2 rings (SSSR count). The Balaban J connectivity index is 2.39. The Bertz CT molecular complexity index is 636. The maximum Gasteiger partial charge on any atom is 0.407 e. The molecule has 27 heavy (non-hydrogen) atoms. The molecule has 152 valence electrons. The molecule has 0 unspecified atom stereocenters. The van der Waals surface area contributed by atoms with Crippen LogP contribution < -0.4 is 0 Å². The molecule has 0 aliphatic carbocycles. The van der Waals surface area contributed by atoms with Gasteiger partial charge in [-0.15, -0.1) is 11.2 Å². The summed E-state index contributed by atoms with van der Waals surface area (Å²) in [7, 11) is -1.77. The van der Waals surface area contributed by atoms with Crippen LogP contribution in [0.15, 0.2) is 23.1 Å². The highest BCUT2D eigenvalue weighted by Crippen LogP contribution is 2.53. The number of hydrogen-bond acceptors (Lipinski definition) is 2. The second-order valence-corrected chi connectivity index (χ2v) is 17.2. The molecule has 1 fully saturated rings. The number of amides is 1. The van der Waals surface area contributed by atoms with E-state index < -0.39 is 13.3 Å². The average Bonchev–Trinajstić information content (AvgIpc) is 2.58. The number of benzene rings is 1. The van der Waals surface area contributed by atoms with E-state index in [0.717, 1.165) is 10.5 Å². The van der Waals surface area contributed by atoms with Gasteiger partial charge in [-0.2, -0.15) is 0 Å². The molecule has 0 radical (unpaired) electrons. The second kappa shape index (κ2) is 8.99. The van der Waals surface area contributed by atoms with Crippen molar-refractivity contribution in [2.24, 2.45) is 0 Å². The van der Waals surface area contributed by atoms with E-state index in [4.69, 9.17) is 0 Å². The second-order valence-electron chi connectivity index (χ2n) is 8.62. The molecule has 1 N–H and O–H groups in total. The average molecular weight is 412 g/mol. The predicted molar refractivity (Wildman–Crippen MR) is 115 cm³/mol. The van der Waals surface area contributed by atoms with E-state index in [0.29, 0.717) is 42.6 Å². The van der Waals surface area contributed by atoms with E-state index in [1.807, 2.05) is 17.3 Å². The Hall–Kier alpha value is -1.01. The van der Waals surface area contributed by atoms with Crippen LogP contribution in [0, 0.1) is 5.82 Å². The van der Waals surface area contributed by atoms with Crippen LogP contribution in [0.1, 0.15) is 65.9 Å². The lowest BCUT2D eigenvalue weighted by molar-refractivity contribution is 0.131. The number of likely N-dealkylation sites (tertiary alicyclic amines) is 1. The quantitative estimate of drug-likeness (QED) is 0.515. The molecule has 1 aromatic carbocycles. The molecule has 0 atom stereocenters. The van der Waals surface area contributed by atoms with Gasteiger partial charge in [-0.1, -0.05) is 47.6 Å². The summed E-state index contributed by atoms with van der Waals surface area (Å²) in [5.41, 5.74) is 2.60. The number of piperidine rings is 1. The smallest absolute Gasteiger partial charge is 0.407 e. The van der Waals surface area contributed by atoms with Gasteiger partial charge in [0.05, 0.1) is 0 Å². The maximum atomic E-state index is 14.9. The number of nitrogens with zero attached hydrogens (tertiary/aromatic N) is 1. The fourth-order valence-electron chi connectivity index (χ4n) is 4.91. The lowest BCUT2D eigenvalue weighted by Gasteiger charge is -2.43. The van der Waals surface area contributed by atoms with Crippen LogP contribution in [0.4, 0.5) is 9.18 Å². The molecule has 1 saturated heterocycles. The first kappa shape index (κ1) is 22.3. The third kappa shape index (κ3) is 4.53. The van der Waals surface area contributed by atoms with Crippen molar-refractivity contribution in [3.8, 4) is 0 Å². The molecule has 1 aliphatic heterocycles. The standard InChI is InChI=1S/C21H34FNO2SSi/c1-14(2)27(15(3)4,16(5)6)26-19-9-7-8-18(22)20(19)17-10-12-23(13-11-17)21(24)25/h7-9,14-17H,10-13H2,1-6H3,(H,24,25). The van der Waals surface area contributed by atoms with E-state index in [9.17, 15) is 14.3 Å². The molecular weight excluding hydrogens is 377 g/mol. The Morgan fingerprint density at radius 3 is 2.07 bits per heavy atom. The molecule has 1 aliphatic rings. The Morgan fingerprint density at radius 1 is 1.11 bits per heavy atom. The Morgan fingerprint density at radius 2 is 1.63 bits per heavy atom. The van der Waals surface area contributed by atoms with E-state index in [1.54, 1.807) is 6.07 Å². The minimum absolute atomic E-state index is 0.0995. The van der Waals surface area contributed by atoms with Crippen LogP contribution in [-0.2, 0) is 0 Å². The van der Waals surface area contributed by atoms with Crippen molar-refractivity contribution >= 4 is 24.5 Å². The van der Waals surface area contributed by atoms with Crippen molar-refractivity contribution in [1.82, 2.24) is 4.90 Å². The minimum Gasteiger partial charge on any atom is -0.465 e. The van der Waals surface area contributed by atoms with Gasteiger partial charge in [0, 0.05) is 23.5 Å². The lowest BCUT2D eigenvalue weighted by Crippen LogP contribution is -2.41. The minimum atomic E-state index is -1.77. The highest BCUT2D eigenvalue weighted by molar-refractivity contribution is 8.29. The molecule has 3 nitrogen and oxygen atoms in total. The van der Waals surface area contributed by atoms with E-state index in [-0.39, 0.29) is 11.7 Å². The van der Waals surface area contributed by atoms with Crippen molar-refractivity contribution in [1.29, 1.82) is 0 Å². The van der Waals surface area contributed by atoms with E-state index in [2.05, 4.69) is 47.6 Å². The fourth-order valence-corrected chi connectivity index (χ4v) is 14.3. The van der Waals surface area contributed by atoms with Gasteiger partial charge in [-0.25, -0.2) is 9.18 Å². The molecular formula is C21H34FNO2SSi. The highest BCUT2D eigenvalue weighted by atomic mass is 32.4. The molecule has 1 heterocycles. The van der Waals surface area contributed by atoms with E-state index in [1.165, 1.54) is 4.90 Å². The highest BCUT2D eigenvalue weighted by Gasteiger charge is 2.45. The Kier molecular flexibility index (Phi) is 7.42. The third-order valence-corrected chi connectivity index (χ3v) is 18.5. The van der Waals surface area contributed by atoms with Crippen LogP contribution >= 0.6 is 11.2 Å². The third-order valence-electron chi connectivity index (χ3n) is 6.18. The van der Waals surface area contributed by atoms with Gasteiger partial charge in [0.15, 0.2) is 0 Å². The van der Waals surface area contributed by atoms with Crippen LogP contribution in [0.25, 0.3) is 0 Å². The molecule has 1 amide bonds. The normalized spacial score (nSPS) is 16.6. The number of halogens is 1. The zero-order chi connectivity index (χ0) is 20.4. The largest absolute Gasteiger partial charge is 0.465 e. The first-order valence-electron chi connectivity index (χ1n) is 10.1. The molecule has 0 aromatic heterocycles. The Labute approximate surface area is 168 Å². The van der Waals surface area contributed by atoms with Gasteiger partial charge >= 0.3 is 6.09 Å². The monoisotopic (exact) mass is 411 g/mol. The first-order chi connectivity index (χ1) is 12.6. The summed E-state index contributed by atoms with van der Waals surface area (Å²) in [6.07, 6.45) is 0.517. The summed E-state index contributed by atoms with van der Waals surface area (Å²) in [4.78, 5) is 13.7. The summed E-state index contributed by atoms with van der Waals surface area (Å²) in [6.45, 7) is 14.9. The number of carboxylic acid groups (broad SMARTS) is 1. The van der Waals surface area contributed by atoms with Crippen molar-refractivity contribution < 1.29 is 14.3 Å². The number of rotatable bonds is 6. The molecule has 0 saturated carbocycles. The van der Waals surface area contributed by atoms with Crippen LogP contribution in [-0.4, -0.2) is 36.4 Å². The zero-order valence-corrected chi connectivity index (χ0v) is 19.3. The van der Waals surface area contributed by atoms with Crippen LogP contribution in [0.2, 0.25) is 16.6 Å². The molecule has 6 heteroatoms. The summed E-state index contributed by atoms with van der Waals surface area (Å²) in [5, 5.41) is 9.19. The zero-order valence-electron chi connectivity index (χ0n) is 17.5. The van der Waals surface area contributed by atoms with Gasteiger partial charge in [0.1, 0.15) is 13.0 Å². The molecule has 0 spiro atoms. The summed E-state index contributed by atoms with van der Waals surface area (Å²) < 4.78 is 14.9. The molecule has 1 aromatic rings. The maximum absolute atomic E-state index is 14.9. The summed E-state index contributed by atoms with van der Waals surface area (Å²) in [5.74, 6) is -0.0320. The topological polar surface area (TPSA) is 40.5 Å². The van der Waals surface area contributed by atoms with Gasteiger partial charge in [-0.05, 0) is 47.5 Å². The van der Waals surface area contributed by atoms with Gasteiger partial charge in [0.2, 0.25) is 0 Å². The van der Waals surface area contributed by atoms with Crippen molar-refractivity contribution in [2.75, 3.05) is 13.1 Å². The SMILES string of the molecule is CC(C)[Si](Sc1cccc(F)c1C1CCN(C(=O)O)CC1)(C(C)C)C(C)C. The first-order valence-corrected chi connectivity index (χ1v) is 13.8. The van der Waals surface area contributed by atoms with Gasteiger partial charge < -0.3 is 10.0 Å². The van der Waals surface area contributed by atoms with Crippen LogP contribution in [0.3, 0.4) is 0 Å². The fraction of sp³-hybridized carbons (Fsp3) is 0.667. The van der Waals surface area contributed by atoms with E-state index >= 15 is 0 Å². The lowest BCUT2D eigenvalue weighted by atomic mass is 9.89. The number of hydrogen-bond donors (Lipinski definition) is 1.